The third kappa shape index (κ3) is 3.18. The summed E-state index contributed by atoms with van der Waals surface area (Å²) in [6.07, 6.45) is 0. The minimum absolute atomic E-state index is 0.306. The quantitative estimate of drug-likeness (QED) is 0.862. The first-order chi connectivity index (χ1) is 9.31. The molecule has 0 radical (unpaired) electrons. The van der Waals surface area contributed by atoms with Crippen molar-refractivity contribution in [2.24, 2.45) is 0 Å². The molecule has 0 aliphatic rings. The monoisotopic (exact) mass is 352 g/mol. The van der Waals surface area contributed by atoms with Gasteiger partial charge in [0.2, 0.25) is 0 Å². The number of halogens is 1. The van der Waals surface area contributed by atoms with Gasteiger partial charge < -0.3 is 5.11 Å². The third-order valence-corrected chi connectivity index (χ3v) is 6.66. The molecule has 2 aromatic heterocycles. The number of sulfonamides is 1. The minimum atomic E-state index is -3.94. The molecule has 0 aliphatic heterocycles. The predicted molar refractivity (Wildman–Crippen MR) is 77.1 cm³/mol. The van der Waals surface area contributed by atoms with E-state index in [2.05, 4.69) is 9.71 Å². The number of carboxylic acids is 1. The van der Waals surface area contributed by atoms with Crippen molar-refractivity contribution in [1.82, 2.24) is 9.71 Å². The standard InChI is InChI=1S/C10H9ClN2O4S3/c1-5(6-2-3-7(11)19-6)13-20(16,17)10-8(9(14)15)12-4-18-10/h2-5,13H,1H3,(H,14,15). The van der Waals surface area contributed by atoms with Crippen LogP contribution in [0.5, 0.6) is 0 Å². The lowest BCUT2D eigenvalue weighted by Gasteiger charge is -2.11. The molecular formula is C10H9ClN2O4S3. The second-order valence-electron chi connectivity index (χ2n) is 3.78. The number of carbonyl (C=O) groups is 1. The Morgan fingerprint density at radius 3 is 2.75 bits per heavy atom. The number of thiophene rings is 1. The Bertz CT molecular complexity index is 737. The maximum absolute atomic E-state index is 12.2. The molecule has 20 heavy (non-hydrogen) atoms. The molecule has 0 amide bonds. The van der Waals surface area contributed by atoms with Crippen LogP contribution in [0.25, 0.3) is 0 Å². The molecule has 0 bridgehead atoms. The molecule has 2 N–H and O–H groups in total. The average molecular weight is 353 g/mol. The highest BCUT2D eigenvalue weighted by Gasteiger charge is 2.27. The van der Waals surface area contributed by atoms with Gasteiger partial charge in [-0.25, -0.2) is 22.9 Å². The third-order valence-electron chi connectivity index (χ3n) is 2.33. The summed E-state index contributed by atoms with van der Waals surface area (Å²) < 4.78 is 27.0. The van der Waals surface area contributed by atoms with Gasteiger partial charge >= 0.3 is 5.97 Å². The normalized spacial score (nSPS) is 13.3. The van der Waals surface area contributed by atoms with Gasteiger partial charge in [-0.15, -0.1) is 22.7 Å². The van der Waals surface area contributed by atoms with Crippen molar-refractivity contribution in [3.05, 3.63) is 32.6 Å². The summed E-state index contributed by atoms with van der Waals surface area (Å²) in [5.74, 6) is -1.38. The first kappa shape index (κ1) is 15.4. The molecule has 108 valence electrons. The lowest BCUT2D eigenvalue weighted by atomic mass is 10.3. The van der Waals surface area contributed by atoms with Crippen LogP contribution in [-0.2, 0) is 10.0 Å². The Balaban J connectivity index is 2.27. The van der Waals surface area contributed by atoms with Crippen LogP contribution < -0.4 is 4.72 Å². The van der Waals surface area contributed by atoms with Crippen LogP contribution in [0.4, 0.5) is 0 Å². The van der Waals surface area contributed by atoms with Crippen LogP contribution >= 0.6 is 34.3 Å². The van der Waals surface area contributed by atoms with Crippen molar-refractivity contribution in [1.29, 1.82) is 0 Å². The summed E-state index contributed by atoms with van der Waals surface area (Å²) in [5, 5.41) is 8.91. The van der Waals surface area contributed by atoms with E-state index in [0.29, 0.717) is 4.34 Å². The molecule has 2 rings (SSSR count). The maximum atomic E-state index is 12.2. The van der Waals surface area contributed by atoms with Crippen molar-refractivity contribution < 1.29 is 18.3 Å². The van der Waals surface area contributed by atoms with Crippen molar-refractivity contribution in [2.45, 2.75) is 17.2 Å². The van der Waals surface area contributed by atoms with Crippen LogP contribution in [0.15, 0.2) is 21.9 Å². The zero-order chi connectivity index (χ0) is 14.9. The lowest BCUT2D eigenvalue weighted by Crippen LogP contribution is -2.27. The number of hydrogen-bond acceptors (Lipinski definition) is 6. The van der Waals surface area contributed by atoms with Gasteiger partial charge in [-0.2, -0.15) is 0 Å². The van der Waals surface area contributed by atoms with E-state index in [9.17, 15) is 13.2 Å². The van der Waals surface area contributed by atoms with E-state index in [1.165, 1.54) is 16.8 Å². The number of nitrogens with one attached hydrogen (secondary N) is 1. The van der Waals surface area contributed by atoms with Crippen molar-refractivity contribution >= 4 is 50.3 Å². The molecule has 1 unspecified atom stereocenters. The van der Waals surface area contributed by atoms with Crippen molar-refractivity contribution in [3.63, 3.8) is 0 Å². The molecule has 0 saturated heterocycles. The summed E-state index contributed by atoms with van der Waals surface area (Å²) in [5.41, 5.74) is 0.712. The number of hydrogen-bond donors (Lipinski definition) is 2. The second-order valence-corrected chi connectivity index (χ2v) is 8.29. The highest BCUT2D eigenvalue weighted by Crippen LogP contribution is 2.28. The van der Waals surface area contributed by atoms with Gasteiger partial charge in [-0.3, -0.25) is 0 Å². The lowest BCUT2D eigenvalue weighted by molar-refractivity contribution is 0.0687. The van der Waals surface area contributed by atoms with Crippen molar-refractivity contribution in [2.75, 3.05) is 0 Å². The van der Waals surface area contributed by atoms with Crippen LogP contribution in [0.2, 0.25) is 4.34 Å². The van der Waals surface area contributed by atoms with Gasteiger partial charge in [0, 0.05) is 4.88 Å². The molecule has 0 fully saturated rings. The summed E-state index contributed by atoms with van der Waals surface area (Å²) in [4.78, 5) is 15.2. The van der Waals surface area contributed by atoms with Gasteiger partial charge in [-0.05, 0) is 19.1 Å². The fraction of sp³-hybridized carbons (Fsp3) is 0.200. The van der Waals surface area contributed by atoms with Crippen LogP contribution in [0.3, 0.4) is 0 Å². The maximum Gasteiger partial charge on any atom is 0.356 e. The smallest absolute Gasteiger partial charge is 0.356 e. The Morgan fingerprint density at radius 2 is 2.20 bits per heavy atom. The fourth-order valence-corrected chi connectivity index (χ4v) is 4.99. The Hall–Kier alpha value is -1.000. The summed E-state index contributed by atoms with van der Waals surface area (Å²) >= 11 is 7.81. The van der Waals surface area contributed by atoms with E-state index < -0.39 is 27.7 Å². The zero-order valence-electron chi connectivity index (χ0n) is 10.0. The van der Waals surface area contributed by atoms with E-state index in [1.54, 1.807) is 19.1 Å². The first-order valence-electron chi connectivity index (χ1n) is 5.25. The number of carboxylic acid groups (broad SMARTS) is 1. The topological polar surface area (TPSA) is 96.4 Å². The molecule has 0 aliphatic carbocycles. The molecule has 0 spiro atoms. The molecule has 10 heteroatoms. The Kier molecular flexibility index (Phi) is 4.45. The number of nitrogens with zero attached hydrogens (tertiary/aromatic N) is 1. The number of thiazole rings is 1. The van der Waals surface area contributed by atoms with Gasteiger partial charge in [0.15, 0.2) is 9.90 Å². The molecule has 0 aromatic carbocycles. The Morgan fingerprint density at radius 1 is 1.50 bits per heavy atom. The molecule has 2 heterocycles. The molecule has 6 nitrogen and oxygen atoms in total. The number of aromatic carboxylic acids is 1. The van der Waals surface area contributed by atoms with Crippen molar-refractivity contribution in [3.8, 4) is 0 Å². The predicted octanol–water partition coefficient (Wildman–Crippen LogP) is 2.60. The number of aromatic nitrogens is 1. The van der Waals surface area contributed by atoms with E-state index in [-0.39, 0.29) is 4.21 Å². The van der Waals surface area contributed by atoms with E-state index in [0.717, 1.165) is 16.2 Å². The molecule has 1 atom stereocenters. The van der Waals surface area contributed by atoms with Gasteiger partial charge in [0.1, 0.15) is 0 Å². The minimum Gasteiger partial charge on any atom is -0.476 e. The highest BCUT2D eigenvalue weighted by atomic mass is 35.5. The zero-order valence-corrected chi connectivity index (χ0v) is 13.2. The average Bonchev–Trinajstić information content (AvgIpc) is 2.96. The van der Waals surface area contributed by atoms with Gasteiger partial charge in [-0.1, -0.05) is 11.6 Å². The SMILES string of the molecule is CC(NS(=O)(=O)c1scnc1C(=O)O)c1ccc(Cl)s1. The second kappa shape index (κ2) is 5.78. The number of rotatable bonds is 5. The molecular weight excluding hydrogens is 344 g/mol. The van der Waals surface area contributed by atoms with Crippen LogP contribution in [0.1, 0.15) is 28.3 Å². The first-order valence-corrected chi connectivity index (χ1v) is 8.81. The summed E-state index contributed by atoms with van der Waals surface area (Å²) in [6, 6.07) is 2.87. The van der Waals surface area contributed by atoms with E-state index >= 15 is 0 Å². The van der Waals surface area contributed by atoms with Gasteiger partial charge in [0.05, 0.1) is 15.9 Å². The van der Waals surface area contributed by atoms with E-state index in [1.807, 2.05) is 0 Å². The fourth-order valence-electron chi connectivity index (χ4n) is 1.47. The van der Waals surface area contributed by atoms with Gasteiger partial charge in [0.25, 0.3) is 10.0 Å². The highest BCUT2D eigenvalue weighted by molar-refractivity contribution is 7.91. The summed E-state index contributed by atoms with van der Waals surface area (Å²) in [7, 11) is -3.94. The van der Waals surface area contributed by atoms with Crippen LogP contribution in [-0.4, -0.2) is 24.5 Å². The molecule has 0 saturated carbocycles. The summed E-state index contributed by atoms with van der Waals surface area (Å²) in [6.45, 7) is 1.65. The largest absolute Gasteiger partial charge is 0.476 e. The van der Waals surface area contributed by atoms with E-state index in [4.69, 9.17) is 16.7 Å². The molecule has 2 aromatic rings. The Labute approximate surface area is 128 Å². The van der Waals surface area contributed by atoms with Crippen LogP contribution in [0, 0.1) is 0 Å².